The van der Waals surface area contributed by atoms with E-state index in [1.807, 2.05) is 18.2 Å². The van der Waals surface area contributed by atoms with E-state index in [1.165, 1.54) is 0 Å². The van der Waals surface area contributed by atoms with Crippen LogP contribution >= 0.6 is 15.9 Å². The summed E-state index contributed by atoms with van der Waals surface area (Å²) in [5.41, 5.74) is 0.931. The van der Waals surface area contributed by atoms with Gasteiger partial charge in [-0.2, -0.15) is 0 Å². The van der Waals surface area contributed by atoms with Crippen molar-refractivity contribution in [3.8, 4) is 5.75 Å². The summed E-state index contributed by atoms with van der Waals surface area (Å²) in [4.78, 5) is 11.9. The third-order valence-corrected chi connectivity index (χ3v) is 2.90. The van der Waals surface area contributed by atoms with E-state index >= 15 is 0 Å². The van der Waals surface area contributed by atoms with Crippen LogP contribution in [-0.2, 0) is 0 Å². The van der Waals surface area contributed by atoms with Crippen LogP contribution in [0.2, 0.25) is 0 Å². The molecule has 0 saturated carbocycles. The molecule has 0 unspecified atom stereocenters. The van der Waals surface area contributed by atoms with E-state index in [9.17, 15) is 9.90 Å². The van der Waals surface area contributed by atoms with Crippen molar-refractivity contribution in [2.24, 2.45) is 0 Å². The maximum atomic E-state index is 11.9. The van der Waals surface area contributed by atoms with Crippen LogP contribution in [0.5, 0.6) is 5.75 Å². The molecule has 0 bridgehead atoms. The van der Waals surface area contributed by atoms with Crippen molar-refractivity contribution in [1.82, 2.24) is 0 Å². The number of phenolic OH excluding ortho intramolecular Hbond substituents is 1. The molecule has 2 aromatic carbocycles. The molecule has 0 fully saturated rings. The van der Waals surface area contributed by atoms with Gasteiger partial charge in [0.1, 0.15) is 5.75 Å². The third kappa shape index (κ3) is 2.65. The number of aromatic hydroxyl groups is 1. The van der Waals surface area contributed by atoms with Crippen molar-refractivity contribution in [2.45, 2.75) is 0 Å². The first-order chi connectivity index (χ1) is 8.18. The molecule has 2 rings (SSSR count). The van der Waals surface area contributed by atoms with Gasteiger partial charge in [-0.1, -0.05) is 24.3 Å². The highest BCUT2D eigenvalue weighted by atomic mass is 79.9. The van der Waals surface area contributed by atoms with Crippen LogP contribution in [-0.4, -0.2) is 11.0 Å². The van der Waals surface area contributed by atoms with Gasteiger partial charge in [-0.05, 0) is 40.2 Å². The number of halogens is 1. The minimum absolute atomic E-state index is 0.0547. The fourth-order valence-electron chi connectivity index (χ4n) is 1.42. The Balaban J connectivity index is 2.24. The van der Waals surface area contributed by atoms with Crippen LogP contribution in [0.1, 0.15) is 10.4 Å². The van der Waals surface area contributed by atoms with Crippen molar-refractivity contribution in [3.63, 3.8) is 0 Å². The summed E-state index contributed by atoms with van der Waals surface area (Å²) in [5, 5.41) is 12.4. The zero-order valence-corrected chi connectivity index (χ0v) is 10.4. The van der Waals surface area contributed by atoms with Gasteiger partial charge in [0.15, 0.2) is 0 Å². The molecule has 0 radical (unpaired) electrons. The molecule has 2 N–H and O–H groups in total. The molecule has 0 aromatic heterocycles. The molecule has 1 amide bonds. The molecule has 0 aliphatic carbocycles. The second-order valence-electron chi connectivity index (χ2n) is 3.46. The second kappa shape index (κ2) is 5.01. The average molecular weight is 292 g/mol. The number of benzene rings is 2. The Bertz CT molecular complexity index is 540. The molecular weight excluding hydrogens is 282 g/mol. The maximum Gasteiger partial charge on any atom is 0.259 e. The van der Waals surface area contributed by atoms with Gasteiger partial charge >= 0.3 is 0 Å². The van der Waals surface area contributed by atoms with Gasteiger partial charge in [0.25, 0.3) is 5.91 Å². The Hall–Kier alpha value is -1.81. The number of hydrogen-bond acceptors (Lipinski definition) is 2. The van der Waals surface area contributed by atoms with Gasteiger partial charge in [0.05, 0.1) is 10.0 Å². The molecule has 2 aromatic rings. The second-order valence-corrected chi connectivity index (χ2v) is 4.31. The summed E-state index contributed by atoms with van der Waals surface area (Å²) in [5.74, 6) is -0.393. The predicted octanol–water partition coefficient (Wildman–Crippen LogP) is 3.41. The van der Waals surface area contributed by atoms with Crippen molar-refractivity contribution >= 4 is 27.5 Å². The Labute approximate surface area is 107 Å². The summed E-state index contributed by atoms with van der Waals surface area (Å²) in [6.07, 6.45) is 0. The van der Waals surface area contributed by atoms with Crippen LogP contribution in [0, 0.1) is 0 Å². The van der Waals surface area contributed by atoms with Gasteiger partial charge in [0.2, 0.25) is 0 Å². The van der Waals surface area contributed by atoms with Gasteiger partial charge in [-0.3, -0.25) is 4.79 Å². The van der Waals surface area contributed by atoms with Gasteiger partial charge < -0.3 is 10.4 Å². The Morgan fingerprint density at radius 1 is 1.06 bits per heavy atom. The quantitative estimate of drug-likeness (QED) is 0.891. The number of hydrogen-bond donors (Lipinski definition) is 2. The van der Waals surface area contributed by atoms with Crippen molar-refractivity contribution in [2.75, 3.05) is 5.32 Å². The molecule has 0 heterocycles. The van der Waals surface area contributed by atoms with E-state index in [1.54, 1.807) is 30.3 Å². The maximum absolute atomic E-state index is 11.9. The Morgan fingerprint density at radius 2 is 1.76 bits per heavy atom. The molecule has 0 spiro atoms. The average Bonchev–Trinajstić information content (AvgIpc) is 2.34. The summed E-state index contributed by atoms with van der Waals surface area (Å²) in [6, 6.07) is 14.0. The monoisotopic (exact) mass is 291 g/mol. The number of anilines is 1. The predicted molar refractivity (Wildman–Crippen MR) is 70.2 cm³/mol. The van der Waals surface area contributed by atoms with Crippen LogP contribution < -0.4 is 5.32 Å². The van der Waals surface area contributed by atoms with Crippen molar-refractivity contribution in [3.05, 3.63) is 58.6 Å². The van der Waals surface area contributed by atoms with Crippen LogP contribution in [0.15, 0.2) is 53.0 Å². The van der Waals surface area contributed by atoms with E-state index in [4.69, 9.17) is 0 Å². The first-order valence-electron chi connectivity index (χ1n) is 5.02. The van der Waals surface area contributed by atoms with Gasteiger partial charge in [0, 0.05) is 5.69 Å². The van der Waals surface area contributed by atoms with Crippen LogP contribution in [0.3, 0.4) is 0 Å². The summed E-state index contributed by atoms with van der Waals surface area (Å²) in [7, 11) is 0. The smallest absolute Gasteiger partial charge is 0.259 e. The normalized spacial score (nSPS) is 9.94. The minimum Gasteiger partial charge on any atom is -0.506 e. The van der Waals surface area contributed by atoms with Gasteiger partial charge in [-0.15, -0.1) is 0 Å². The third-order valence-electron chi connectivity index (χ3n) is 2.26. The number of phenols is 1. The highest BCUT2D eigenvalue weighted by Gasteiger charge is 2.12. The lowest BCUT2D eigenvalue weighted by Gasteiger charge is -2.07. The van der Waals surface area contributed by atoms with E-state index in [0.717, 1.165) is 0 Å². The molecule has 0 aliphatic heterocycles. The van der Waals surface area contributed by atoms with Gasteiger partial charge in [-0.25, -0.2) is 0 Å². The number of amides is 1. The number of carbonyl (C=O) groups excluding carboxylic acids is 1. The van der Waals surface area contributed by atoms with Crippen molar-refractivity contribution < 1.29 is 9.90 Å². The number of para-hydroxylation sites is 2. The van der Waals surface area contributed by atoms with E-state index < -0.39 is 0 Å². The standard InChI is InChI=1S/C13H10BrNO2/c14-11-8-4-7-10(12(11)16)13(17)15-9-5-2-1-3-6-9/h1-8,16H,(H,15,17). The fraction of sp³-hybridized carbons (Fsp3) is 0. The highest BCUT2D eigenvalue weighted by molar-refractivity contribution is 9.10. The summed E-state index contributed by atoms with van der Waals surface area (Å²) >= 11 is 3.17. The fourth-order valence-corrected chi connectivity index (χ4v) is 1.78. The topological polar surface area (TPSA) is 49.3 Å². The van der Waals surface area contributed by atoms with Crippen LogP contribution in [0.4, 0.5) is 5.69 Å². The number of rotatable bonds is 2. The molecule has 0 atom stereocenters. The SMILES string of the molecule is O=C(Nc1ccccc1)c1cccc(Br)c1O. The molecular formula is C13H10BrNO2. The minimum atomic E-state index is -0.338. The lowest BCUT2D eigenvalue weighted by atomic mass is 10.2. The summed E-state index contributed by atoms with van der Waals surface area (Å²) < 4.78 is 0.498. The number of nitrogens with one attached hydrogen (secondary N) is 1. The summed E-state index contributed by atoms with van der Waals surface area (Å²) in [6.45, 7) is 0. The molecule has 0 saturated heterocycles. The van der Waals surface area contributed by atoms with Crippen molar-refractivity contribution in [1.29, 1.82) is 0 Å². The van der Waals surface area contributed by atoms with E-state index in [0.29, 0.717) is 10.2 Å². The first-order valence-corrected chi connectivity index (χ1v) is 5.81. The van der Waals surface area contributed by atoms with E-state index in [2.05, 4.69) is 21.2 Å². The van der Waals surface area contributed by atoms with E-state index in [-0.39, 0.29) is 17.2 Å². The molecule has 0 aliphatic rings. The zero-order valence-electron chi connectivity index (χ0n) is 8.85. The molecule has 86 valence electrons. The van der Waals surface area contributed by atoms with Crippen LogP contribution in [0.25, 0.3) is 0 Å². The molecule has 4 heteroatoms. The highest BCUT2D eigenvalue weighted by Crippen LogP contribution is 2.27. The Morgan fingerprint density at radius 3 is 2.47 bits per heavy atom. The first kappa shape index (κ1) is 11.7. The Kier molecular flexibility index (Phi) is 3.44. The largest absolute Gasteiger partial charge is 0.506 e. The molecule has 3 nitrogen and oxygen atoms in total. The zero-order chi connectivity index (χ0) is 12.3. The number of carbonyl (C=O) groups is 1. The lowest BCUT2D eigenvalue weighted by Crippen LogP contribution is -2.11. The molecule has 17 heavy (non-hydrogen) atoms. The lowest BCUT2D eigenvalue weighted by molar-refractivity contribution is 0.102.